The molecule has 1 aromatic carbocycles. The molecule has 3 saturated heterocycles. The number of ether oxygens (including phenoxy) is 7. The van der Waals surface area contributed by atoms with E-state index in [0.717, 1.165) is 12.0 Å². The van der Waals surface area contributed by atoms with Gasteiger partial charge in [0.25, 0.3) is 0 Å². The van der Waals surface area contributed by atoms with Gasteiger partial charge in [0.2, 0.25) is 0 Å². The van der Waals surface area contributed by atoms with Gasteiger partial charge in [-0.05, 0) is 120 Å². The fraction of sp³-hybridized carbons (Fsp3) is 0.811. The highest BCUT2D eigenvalue weighted by Gasteiger charge is 2.55. The highest BCUT2D eigenvalue weighted by Crippen LogP contribution is 2.43. The highest BCUT2D eigenvalue weighted by molar-refractivity contribution is 6.70. The van der Waals surface area contributed by atoms with Gasteiger partial charge in [-0.1, -0.05) is 69.3 Å². The van der Waals surface area contributed by atoms with Crippen LogP contribution in [-0.2, 0) is 58.2 Å². The molecule has 1 aromatic rings. The Morgan fingerprint density at radius 2 is 1.50 bits per heavy atom. The van der Waals surface area contributed by atoms with Gasteiger partial charge in [0.05, 0.1) is 66.1 Å². The lowest BCUT2D eigenvalue weighted by molar-refractivity contribution is -0.317. The lowest BCUT2D eigenvalue weighted by atomic mass is 9.73. The number of carbonyl (C=O) groups excluding carboxylic acids is 1. The van der Waals surface area contributed by atoms with Crippen LogP contribution in [0.25, 0.3) is 0 Å². The number of rotatable bonds is 17. The molecule has 15 nitrogen and oxygen atoms in total. The Labute approximate surface area is 423 Å². The Morgan fingerprint density at radius 3 is 2.06 bits per heavy atom. The second kappa shape index (κ2) is 25.0. The first-order chi connectivity index (χ1) is 32.4. The summed E-state index contributed by atoms with van der Waals surface area (Å²) in [5.41, 5.74) is -2.54. The number of benzene rings is 1. The highest BCUT2D eigenvalue weighted by atomic mass is 28.4. The number of esters is 1. The Morgan fingerprint density at radius 1 is 0.871 bits per heavy atom. The fourth-order valence-corrected chi connectivity index (χ4v) is 13.1. The van der Waals surface area contributed by atoms with E-state index in [1.165, 1.54) is 6.92 Å². The number of cyclic esters (lactones) is 1. The van der Waals surface area contributed by atoms with E-state index in [1.807, 2.05) is 78.8 Å². The van der Waals surface area contributed by atoms with Crippen molar-refractivity contribution >= 4 is 28.3 Å². The molecule has 3 aliphatic heterocycles. The Kier molecular flexibility index (Phi) is 21.5. The summed E-state index contributed by atoms with van der Waals surface area (Å²) in [5.74, 6) is -3.48. The van der Waals surface area contributed by atoms with E-state index in [-0.39, 0.29) is 44.3 Å². The zero-order chi connectivity index (χ0) is 52.7. The van der Waals surface area contributed by atoms with E-state index in [1.54, 1.807) is 27.0 Å². The number of aliphatic hydroxyl groups excluding tert-OH is 1. The van der Waals surface area contributed by atoms with Crippen molar-refractivity contribution in [1.29, 1.82) is 0 Å². The summed E-state index contributed by atoms with van der Waals surface area (Å²) in [7, 11) is 1.49. The zero-order valence-electron chi connectivity index (χ0n) is 46.4. The number of oxime groups is 1. The molecule has 0 saturated carbocycles. The smallest absolute Gasteiger partial charge is 0.311 e. The molecule has 0 amide bonds. The van der Waals surface area contributed by atoms with E-state index >= 15 is 0 Å². The van der Waals surface area contributed by atoms with Crippen molar-refractivity contribution in [2.45, 2.75) is 225 Å². The van der Waals surface area contributed by atoms with Crippen molar-refractivity contribution in [2.24, 2.45) is 28.8 Å². The molecular weight excluding hydrogens is 929 g/mol. The van der Waals surface area contributed by atoms with Crippen molar-refractivity contribution < 1.29 is 61.9 Å². The molecule has 3 aliphatic rings. The molecule has 4 rings (SSSR count). The number of hydrogen-bond donors (Lipinski definition) is 2. The maximum atomic E-state index is 14.9. The first-order valence-corrected chi connectivity index (χ1v) is 32.5. The summed E-state index contributed by atoms with van der Waals surface area (Å²) in [6.07, 6.45) is -4.42. The number of likely N-dealkylation sites (N-methyl/N-ethyl adjacent to an activating group) is 1. The molecule has 18 atom stereocenters. The predicted octanol–water partition coefficient (Wildman–Crippen LogP) is 8.72. The predicted molar refractivity (Wildman–Crippen MR) is 278 cm³/mol. The van der Waals surface area contributed by atoms with E-state index < -0.39 is 112 Å². The van der Waals surface area contributed by atoms with E-state index in [4.69, 9.17) is 52.0 Å². The standard InChI is InChI=1S/C53H94N2O13Si2/c1-21-28-60-52(10)30-33(3)43(54-61-32-39-26-24-23-25-27-39)35(5)46(56)53(11,58)41(22-2)64-49(57)37(7)44(65-42-31-51(9,59-14)48(38(8)63-42)68-70(18,19)20)36(6)47(52)66-50-45(67-69(15,16)17)40(55(12)13)29-34(4)62-50/h21,23-27,33-38,40-42,44-48,50,56,58H,1,22,28-32H2,2-20H3/b54-43+/t33-,34+,35-,36-,37+,38-,40-,41+,42-,44-,45+,46+,47+,48-,50-,51+,52+,53+/m0/s1. The molecule has 0 radical (unpaired) electrons. The minimum Gasteiger partial charge on any atom is -0.459 e. The molecule has 3 heterocycles. The summed E-state index contributed by atoms with van der Waals surface area (Å²) < 4.78 is 61.7. The Balaban J connectivity index is 2.00. The van der Waals surface area contributed by atoms with Crippen LogP contribution in [0.4, 0.5) is 0 Å². The summed E-state index contributed by atoms with van der Waals surface area (Å²) in [4.78, 5) is 23.2. The first-order valence-electron chi connectivity index (χ1n) is 25.7. The summed E-state index contributed by atoms with van der Waals surface area (Å²) >= 11 is 0. The Hall–Kier alpha value is -2.11. The lowest BCUT2D eigenvalue weighted by Crippen LogP contribution is -2.63. The molecule has 0 unspecified atom stereocenters. The largest absolute Gasteiger partial charge is 0.459 e. The second-order valence-electron chi connectivity index (χ2n) is 23.3. The molecule has 2 N–H and O–H groups in total. The van der Waals surface area contributed by atoms with Crippen LogP contribution in [0.2, 0.25) is 39.3 Å². The molecule has 3 fully saturated rings. The first kappa shape index (κ1) is 60.4. The zero-order valence-corrected chi connectivity index (χ0v) is 48.4. The van der Waals surface area contributed by atoms with Gasteiger partial charge in [0.1, 0.15) is 24.4 Å². The lowest BCUT2D eigenvalue weighted by Gasteiger charge is -2.52. The van der Waals surface area contributed by atoms with Gasteiger partial charge in [0.15, 0.2) is 29.2 Å². The maximum Gasteiger partial charge on any atom is 0.311 e. The monoisotopic (exact) mass is 1020 g/mol. The number of hydrogen-bond acceptors (Lipinski definition) is 15. The molecule has 17 heteroatoms. The Bertz CT molecular complexity index is 1830. The minimum absolute atomic E-state index is 0.0497. The van der Waals surface area contributed by atoms with E-state index in [0.29, 0.717) is 12.1 Å². The summed E-state index contributed by atoms with van der Waals surface area (Å²) in [6.45, 7) is 36.2. The van der Waals surface area contributed by atoms with E-state index in [2.05, 4.69) is 64.9 Å². The van der Waals surface area contributed by atoms with Gasteiger partial charge in [-0.25, -0.2) is 0 Å². The number of nitrogens with zero attached hydrogens (tertiary/aromatic N) is 2. The van der Waals surface area contributed by atoms with Crippen LogP contribution in [0.5, 0.6) is 0 Å². The van der Waals surface area contributed by atoms with Crippen LogP contribution >= 0.6 is 0 Å². The van der Waals surface area contributed by atoms with Crippen LogP contribution in [0.3, 0.4) is 0 Å². The summed E-state index contributed by atoms with van der Waals surface area (Å²) in [5, 5.41) is 29.4. The third-order valence-electron chi connectivity index (χ3n) is 14.5. The van der Waals surface area contributed by atoms with Crippen molar-refractivity contribution in [1.82, 2.24) is 4.90 Å². The quantitative estimate of drug-likeness (QED) is 0.0659. The van der Waals surface area contributed by atoms with Gasteiger partial charge in [-0.15, -0.1) is 6.58 Å². The average molecular weight is 1020 g/mol. The average Bonchev–Trinajstić information content (AvgIpc) is 3.27. The van der Waals surface area contributed by atoms with Gasteiger partial charge >= 0.3 is 5.97 Å². The van der Waals surface area contributed by atoms with Crippen LogP contribution < -0.4 is 0 Å². The minimum atomic E-state index is -2.22. The van der Waals surface area contributed by atoms with Crippen molar-refractivity contribution in [3.05, 3.63) is 48.6 Å². The number of carbonyl (C=O) groups is 1. The van der Waals surface area contributed by atoms with Gasteiger partial charge in [0, 0.05) is 37.3 Å². The van der Waals surface area contributed by atoms with Crippen LogP contribution in [0, 0.1) is 23.7 Å². The van der Waals surface area contributed by atoms with E-state index in [9.17, 15) is 15.0 Å². The van der Waals surface area contributed by atoms with Crippen molar-refractivity contribution in [3.63, 3.8) is 0 Å². The molecule has 0 spiro atoms. The maximum absolute atomic E-state index is 14.9. The molecule has 0 aliphatic carbocycles. The summed E-state index contributed by atoms with van der Waals surface area (Å²) in [6, 6.07) is 9.65. The fourth-order valence-electron chi connectivity index (χ4n) is 10.8. The SMILES string of the molecule is C=CCO[C@]1(C)C[C@H](C)/C(=N\OCc2ccccc2)[C@H](C)[C@@H](O)[C@](C)(O)[C@@H](CC)OC(=O)[C@H](C)[C@@H](O[C@H]2C[C@@](C)(OC)[C@@H](O[Si](C)(C)C)[C@H](C)O2)[C@H](C)[C@H]1O[C@@H]1O[C@H](C)C[C@H](N(C)C)[C@H]1O[Si](C)(C)C. The van der Waals surface area contributed by atoms with Crippen LogP contribution in [-0.4, -0.2) is 155 Å². The molecule has 0 bridgehead atoms. The van der Waals surface area contributed by atoms with Crippen molar-refractivity contribution in [3.8, 4) is 0 Å². The number of aliphatic hydroxyl groups is 2. The van der Waals surface area contributed by atoms with Gasteiger partial charge in [-0.3, -0.25) is 4.79 Å². The van der Waals surface area contributed by atoms with Crippen LogP contribution in [0.1, 0.15) is 100 Å². The molecule has 0 aromatic heterocycles. The third kappa shape index (κ3) is 15.5. The van der Waals surface area contributed by atoms with Crippen LogP contribution in [0.15, 0.2) is 48.1 Å². The molecule has 70 heavy (non-hydrogen) atoms. The normalized spacial score (nSPS) is 40.4. The van der Waals surface area contributed by atoms with Crippen molar-refractivity contribution in [2.75, 3.05) is 27.8 Å². The second-order valence-corrected chi connectivity index (χ2v) is 32.2. The number of methoxy groups -OCH3 is 1. The molecular formula is C53H94N2O13Si2. The van der Waals surface area contributed by atoms with Gasteiger partial charge in [-0.2, -0.15) is 0 Å². The van der Waals surface area contributed by atoms with Gasteiger partial charge < -0.3 is 62.0 Å². The third-order valence-corrected chi connectivity index (χ3v) is 16.5. The topological polar surface area (TPSA) is 165 Å². The molecule has 402 valence electrons.